The van der Waals surface area contributed by atoms with Crippen molar-refractivity contribution in [2.45, 2.75) is 19.3 Å². The molecule has 0 atom stereocenters. The molecule has 0 radical (unpaired) electrons. The third-order valence-corrected chi connectivity index (χ3v) is 1.39. The quantitative estimate of drug-likeness (QED) is 0.328. The summed E-state index contributed by atoms with van der Waals surface area (Å²) in [5, 5.41) is 0. The summed E-state index contributed by atoms with van der Waals surface area (Å²) in [5.74, 6) is 0. The van der Waals surface area contributed by atoms with Gasteiger partial charge in [0.2, 0.25) is 0 Å². The van der Waals surface area contributed by atoms with E-state index in [4.69, 9.17) is 0 Å². The molecular formula is C8H10. The maximum Gasteiger partial charge on any atom is -0.00626 e. The van der Waals surface area contributed by atoms with E-state index in [0.29, 0.717) is 0 Å². The van der Waals surface area contributed by atoms with Gasteiger partial charge in [-0.2, -0.15) is 0 Å². The number of hydrogen-bond donors (Lipinski definition) is 0. The smallest absolute Gasteiger partial charge is 0.00626 e. The topological polar surface area (TPSA) is 0 Å². The minimum atomic E-state index is 1.07. The Hall–Kier alpha value is -0.740. The minimum absolute atomic E-state index is 1.07. The van der Waals surface area contributed by atoms with Crippen LogP contribution in [0.4, 0.5) is 0 Å². The van der Waals surface area contributed by atoms with Crippen LogP contribution in [0.25, 0.3) is 0 Å². The van der Waals surface area contributed by atoms with Crippen LogP contribution >= 0.6 is 0 Å². The van der Waals surface area contributed by atoms with Gasteiger partial charge in [0.15, 0.2) is 0 Å². The fourth-order valence-electron chi connectivity index (χ4n) is 0.864. The van der Waals surface area contributed by atoms with Crippen molar-refractivity contribution < 1.29 is 0 Å². The fraction of sp³-hybridized carbons (Fsp3) is 0.375. The highest BCUT2D eigenvalue weighted by molar-refractivity contribution is 5.10. The lowest BCUT2D eigenvalue weighted by Crippen LogP contribution is -1.83. The molecule has 0 aromatic heterocycles. The highest BCUT2D eigenvalue weighted by Gasteiger charge is 1.95. The first-order valence-corrected chi connectivity index (χ1v) is 2.96. The van der Waals surface area contributed by atoms with Crippen LogP contribution in [0.1, 0.15) is 19.3 Å². The molecule has 0 aromatic carbocycles. The zero-order valence-corrected chi connectivity index (χ0v) is 4.98. The maximum absolute atomic E-state index is 3.59. The van der Waals surface area contributed by atoms with Gasteiger partial charge in [-0.25, -0.2) is 0 Å². The summed E-state index contributed by atoms with van der Waals surface area (Å²) < 4.78 is 0. The van der Waals surface area contributed by atoms with Crippen molar-refractivity contribution in [2.75, 3.05) is 0 Å². The van der Waals surface area contributed by atoms with Gasteiger partial charge in [-0.3, -0.25) is 0 Å². The summed E-state index contributed by atoms with van der Waals surface area (Å²) in [6.45, 7) is 3.59. The lowest BCUT2D eigenvalue weighted by molar-refractivity contribution is 0.903. The molecule has 0 fully saturated rings. The summed E-state index contributed by atoms with van der Waals surface area (Å²) in [5.41, 5.74) is 4.27. The van der Waals surface area contributed by atoms with Crippen LogP contribution in [-0.2, 0) is 0 Å². The van der Waals surface area contributed by atoms with Gasteiger partial charge in [0.05, 0.1) is 0 Å². The van der Waals surface area contributed by atoms with Crippen molar-refractivity contribution in [3.05, 3.63) is 30.0 Å². The van der Waals surface area contributed by atoms with E-state index >= 15 is 0 Å². The Labute approximate surface area is 50.2 Å². The maximum atomic E-state index is 3.59. The fourth-order valence-corrected chi connectivity index (χ4v) is 0.864. The Morgan fingerprint density at radius 3 is 2.75 bits per heavy atom. The summed E-state index contributed by atoms with van der Waals surface area (Å²) in [6.07, 6.45) is 7.80. The zero-order valence-electron chi connectivity index (χ0n) is 4.98. The van der Waals surface area contributed by atoms with Crippen LogP contribution in [0, 0.1) is 0 Å². The van der Waals surface area contributed by atoms with Crippen LogP contribution in [0.15, 0.2) is 30.0 Å². The number of allylic oxidation sites excluding steroid dienone is 3. The molecule has 0 N–H and O–H groups in total. The molecule has 0 spiro atoms. The Bertz CT molecular complexity index is 145. The van der Waals surface area contributed by atoms with Gasteiger partial charge in [-0.05, 0) is 24.8 Å². The normalized spacial score (nSPS) is 18.2. The molecule has 0 amide bonds. The SMILES string of the molecule is C=C=C1CC=CCC1. The van der Waals surface area contributed by atoms with Crippen molar-refractivity contribution in [3.63, 3.8) is 0 Å². The van der Waals surface area contributed by atoms with Crippen molar-refractivity contribution in [3.8, 4) is 0 Å². The largest absolute Gasteiger partial charge is 0.129 e. The molecule has 0 saturated carbocycles. The molecule has 0 aromatic rings. The van der Waals surface area contributed by atoms with Crippen LogP contribution in [-0.4, -0.2) is 0 Å². The van der Waals surface area contributed by atoms with Crippen molar-refractivity contribution in [2.24, 2.45) is 0 Å². The highest BCUT2D eigenvalue weighted by Crippen LogP contribution is 2.14. The number of hydrogen-bond acceptors (Lipinski definition) is 0. The molecule has 0 heterocycles. The lowest BCUT2D eigenvalue weighted by atomic mass is 10.0. The minimum Gasteiger partial charge on any atom is -0.129 e. The third kappa shape index (κ3) is 1.11. The summed E-state index contributed by atoms with van der Waals surface area (Å²) in [4.78, 5) is 0. The molecule has 8 heavy (non-hydrogen) atoms. The predicted octanol–water partition coefficient (Wildman–Crippen LogP) is 2.44. The van der Waals surface area contributed by atoms with Gasteiger partial charge in [-0.15, -0.1) is 5.73 Å². The first-order chi connectivity index (χ1) is 3.93. The molecule has 1 aliphatic rings. The van der Waals surface area contributed by atoms with E-state index in [0.717, 1.165) is 6.42 Å². The predicted molar refractivity (Wildman–Crippen MR) is 35.6 cm³/mol. The van der Waals surface area contributed by atoms with Gasteiger partial charge in [0.25, 0.3) is 0 Å². The first-order valence-electron chi connectivity index (χ1n) is 2.96. The van der Waals surface area contributed by atoms with Gasteiger partial charge in [0.1, 0.15) is 0 Å². The van der Waals surface area contributed by atoms with Gasteiger partial charge < -0.3 is 0 Å². The molecule has 1 rings (SSSR count). The molecular weight excluding hydrogens is 96.1 g/mol. The van der Waals surface area contributed by atoms with E-state index in [2.05, 4.69) is 24.5 Å². The van der Waals surface area contributed by atoms with E-state index in [1.54, 1.807) is 0 Å². The summed E-state index contributed by atoms with van der Waals surface area (Å²) >= 11 is 0. The Balaban J connectivity index is 2.63. The van der Waals surface area contributed by atoms with Crippen LogP contribution < -0.4 is 0 Å². The van der Waals surface area contributed by atoms with Crippen LogP contribution in [0.5, 0.6) is 0 Å². The average Bonchev–Trinajstić information content (AvgIpc) is 1.90. The van der Waals surface area contributed by atoms with Crippen LogP contribution in [0.3, 0.4) is 0 Å². The monoisotopic (exact) mass is 106 g/mol. The van der Waals surface area contributed by atoms with E-state index in [1.807, 2.05) is 0 Å². The Morgan fingerprint density at radius 2 is 2.38 bits per heavy atom. The first kappa shape index (κ1) is 5.40. The Morgan fingerprint density at radius 1 is 1.50 bits per heavy atom. The third-order valence-electron chi connectivity index (χ3n) is 1.39. The second kappa shape index (κ2) is 2.54. The molecule has 0 heteroatoms. The van der Waals surface area contributed by atoms with E-state index in [1.165, 1.54) is 18.4 Å². The van der Waals surface area contributed by atoms with E-state index < -0.39 is 0 Å². The molecule has 0 nitrogen and oxygen atoms in total. The van der Waals surface area contributed by atoms with Crippen molar-refractivity contribution in [1.29, 1.82) is 0 Å². The van der Waals surface area contributed by atoms with Crippen LogP contribution in [0.2, 0.25) is 0 Å². The number of rotatable bonds is 0. The van der Waals surface area contributed by atoms with Crippen molar-refractivity contribution >= 4 is 0 Å². The van der Waals surface area contributed by atoms with E-state index in [-0.39, 0.29) is 0 Å². The van der Waals surface area contributed by atoms with Gasteiger partial charge in [0, 0.05) is 0 Å². The van der Waals surface area contributed by atoms with Gasteiger partial charge >= 0.3 is 0 Å². The zero-order chi connectivity index (χ0) is 5.82. The second-order valence-corrected chi connectivity index (χ2v) is 1.99. The van der Waals surface area contributed by atoms with E-state index in [9.17, 15) is 0 Å². The summed E-state index contributed by atoms with van der Waals surface area (Å²) in [6, 6.07) is 0. The standard InChI is InChI=1S/C8H10/c1-2-8-6-4-3-5-7-8/h3-4H,1,5-7H2. The molecule has 0 bridgehead atoms. The van der Waals surface area contributed by atoms with Crippen molar-refractivity contribution in [1.82, 2.24) is 0 Å². The molecule has 0 aliphatic heterocycles. The lowest BCUT2D eigenvalue weighted by Gasteiger charge is -2.02. The molecule has 0 unspecified atom stereocenters. The summed E-state index contributed by atoms with van der Waals surface area (Å²) in [7, 11) is 0. The molecule has 0 saturated heterocycles. The second-order valence-electron chi connectivity index (χ2n) is 1.99. The molecule has 1 aliphatic carbocycles. The Kier molecular flexibility index (Phi) is 1.71. The van der Waals surface area contributed by atoms with Gasteiger partial charge in [-0.1, -0.05) is 18.7 Å². The average molecular weight is 106 g/mol. The highest BCUT2D eigenvalue weighted by atomic mass is 14.0. The molecule has 42 valence electrons.